The third kappa shape index (κ3) is 2.81. The third-order valence-corrected chi connectivity index (χ3v) is 3.13. The van der Waals surface area contributed by atoms with E-state index in [4.69, 9.17) is 11.6 Å². The van der Waals surface area contributed by atoms with Crippen LogP contribution in [0.5, 0.6) is 0 Å². The lowest BCUT2D eigenvalue weighted by Crippen LogP contribution is -2.25. The first-order valence-electron chi connectivity index (χ1n) is 5.43. The smallest absolute Gasteiger partial charge is 0.216 e. The molecule has 0 unspecified atom stereocenters. The molecule has 0 radical (unpaired) electrons. The zero-order valence-corrected chi connectivity index (χ0v) is 12.1. The lowest BCUT2D eigenvalue weighted by molar-refractivity contribution is -0.118. The van der Waals surface area contributed by atoms with Crippen molar-refractivity contribution >= 4 is 44.6 Å². The Morgan fingerprint density at radius 1 is 1.61 bits per heavy atom. The Bertz CT molecular complexity index is 584. The number of rotatable bonds is 4. The van der Waals surface area contributed by atoms with E-state index in [-0.39, 0.29) is 5.91 Å². The molecule has 7 heteroatoms. The molecule has 0 bridgehead atoms. The third-order valence-electron chi connectivity index (χ3n) is 2.46. The minimum atomic E-state index is -0.0532. The van der Waals surface area contributed by atoms with Gasteiger partial charge in [-0.3, -0.25) is 4.79 Å². The van der Waals surface area contributed by atoms with E-state index in [2.05, 4.69) is 31.2 Å². The quantitative estimate of drug-likeness (QED) is 0.873. The summed E-state index contributed by atoms with van der Waals surface area (Å²) in [6.07, 6.45) is 1.72. The molecule has 0 atom stereocenters. The lowest BCUT2D eigenvalue weighted by atomic mass is 10.4. The second-order valence-corrected chi connectivity index (χ2v) is 4.98. The van der Waals surface area contributed by atoms with E-state index in [1.807, 2.05) is 10.6 Å². The molecular weight excluding hydrogens is 320 g/mol. The molecule has 0 saturated heterocycles. The van der Waals surface area contributed by atoms with E-state index >= 15 is 0 Å². The standard InChI is InChI=1S/C11H12BrClN4O/c1-7(18)14-2-3-17-10(5-13)16-9-4-8(12)6-15-11(9)17/h4,6H,2-3,5H2,1H3,(H,14,18). The van der Waals surface area contributed by atoms with Gasteiger partial charge in [0.2, 0.25) is 5.91 Å². The average Bonchev–Trinajstić information content (AvgIpc) is 2.66. The molecule has 0 aromatic carbocycles. The van der Waals surface area contributed by atoms with Crippen LogP contribution >= 0.6 is 27.5 Å². The molecule has 0 spiro atoms. The van der Waals surface area contributed by atoms with Gasteiger partial charge in [0.25, 0.3) is 0 Å². The van der Waals surface area contributed by atoms with Gasteiger partial charge in [-0.25, -0.2) is 9.97 Å². The second kappa shape index (κ2) is 5.67. The number of hydrogen-bond donors (Lipinski definition) is 1. The molecule has 1 amide bonds. The SMILES string of the molecule is CC(=O)NCCn1c(CCl)nc2cc(Br)cnc21. The highest BCUT2D eigenvalue weighted by Crippen LogP contribution is 2.19. The fourth-order valence-corrected chi connectivity index (χ4v) is 2.24. The average molecular weight is 332 g/mol. The number of halogens is 2. The molecule has 5 nitrogen and oxygen atoms in total. The summed E-state index contributed by atoms with van der Waals surface area (Å²) in [5.74, 6) is 1.01. The summed E-state index contributed by atoms with van der Waals surface area (Å²) in [5.41, 5.74) is 1.57. The van der Waals surface area contributed by atoms with Gasteiger partial charge in [0.15, 0.2) is 5.65 Å². The van der Waals surface area contributed by atoms with Crippen LogP contribution in [0.4, 0.5) is 0 Å². The number of aromatic nitrogens is 3. The topological polar surface area (TPSA) is 59.8 Å². The molecular formula is C11H12BrClN4O. The first-order chi connectivity index (χ1) is 8.61. The number of pyridine rings is 1. The van der Waals surface area contributed by atoms with Crippen LogP contribution in [0.2, 0.25) is 0 Å². The highest BCUT2D eigenvalue weighted by molar-refractivity contribution is 9.10. The molecule has 2 rings (SSSR count). The Labute approximate surface area is 118 Å². The van der Waals surface area contributed by atoms with E-state index in [1.165, 1.54) is 6.92 Å². The zero-order valence-electron chi connectivity index (χ0n) is 9.78. The number of imidazole rings is 1. The largest absolute Gasteiger partial charge is 0.355 e. The summed E-state index contributed by atoms with van der Waals surface area (Å²) >= 11 is 9.23. The molecule has 0 fully saturated rings. The Hall–Kier alpha value is -1.14. The van der Waals surface area contributed by atoms with Crippen molar-refractivity contribution < 1.29 is 4.79 Å². The zero-order chi connectivity index (χ0) is 13.1. The maximum absolute atomic E-state index is 10.9. The number of carbonyl (C=O) groups excluding carboxylic acids is 1. The van der Waals surface area contributed by atoms with Crippen molar-refractivity contribution in [3.8, 4) is 0 Å². The highest BCUT2D eigenvalue weighted by atomic mass is 79.9. The number of alkyl halides is 1. The monoisotopic (exact) mass is 330 g/mol. The van der Waals surface area contributed by atoms with Crippen LogP contribution in [0.25, 0.3) is 11.2 Å². The van der Waals surface area contributed by atoms with Gasteiger partial charge >= 0.3 is 0 Å². The van der Waals surface area contributed by atoms with Crippen molar-refractivity contribution in [3.05, 3.63) is 22.6 Å². The van der Waals surface area contributed by atoms with Crippen LogP contribution < -0.4 is 5.32 Å². The predicted octanol–water partition coefficient (Wildman–Crippen LogP) is 2.07. The number of hydrogen-bond acceptors (Lipinski definition) is 3. The molecule has 2 aromatic rings. The highest BCUT2D eigenvalue weighted by Gasteiger charge is 2.11. The lowest BCUT2D eigenvalue weighted by Gasteiger charge is -2.07. The molecule has 2 aromatic heterocycles. The van der Waals surface area contributed by atoms with E-state index in [9.17, 15) is 4.79 Å². The van der Waals surface area contributed by atoms with Crippen molar-refractivity contribution in [2.24, 2.45) is 0 Å². The summed E-state index contributed by atoms with van der Waals surface area (Å²) < 4.78 is 2.80. The van der Waals surface area contributed by atoms with Gasteiger partial charge < -0.3 is 9.88 Å². The Balaban J connectivity index is 2.31. The Kier molecular flexibility index (Phi) is 4.19. The van der Waals surface area contributed by atoms with Crippen LogP contribution in [-0.4, -0.2) is 27.0 Å². The molecule has 0 aliphatic carbocycles. The summed E-state index contributed by atoms with van der Waals surface area (Å²) in [5, 5.41) is 2.74. The Morgan fingerprint density at radius 2 is 2.39 bits per heavy atom. The van der Waals surface area contributed by atoms with Crippen LogP contribution in [0, 0.1) is 0 Å². The predicted molar refractivity (Wildman–Crippen MR) is 73.5 cm³/mol. The van der Waals surface area contributed by atoms with Gasteiger partial charge in [0, 0.05) is 30.7 Å². The van der Waals surface area contributed by atoms with Crippen LogP contribution in [0.15, 0.2) is 16.7 Å². The molecule has 2 heterocycles. The Morgan fingerprint density at radius 3 is 3.06 bits per heavy atom. The first-order valence-corrected chi connectivity index (χ1v) is 6.75. The second-order valence-electron chi connectivity index (χ2n) is 3.79. The first kappa shape index (κ1) is 13.3. The van der Waals surface area contributed by atoms with Gasteiger partial charge in [-0.1, -0.05) is 0 Å². The van der Waals surface area contributed by atoms with Crippen molar-refractivity contribution in [1.82, 2.24) is 19.9 Å². The molecule has 96 valence electrons. The van der Waals surface area contributed by atoms with Crippen LogP contribution in [0.3, 0.4) is 0 Å². The van der Waals surface area contributed by atoms with Crippen molar-refractivity contribution in [2.75, 3.05) is 6.54 Å². The minimum absolute atomic E-state index is 0.0532. The maximum atomic E-state index is 10.9. The van der Waals surface area contributed by atoms with Crippen molar-refractivity contribution in [1.29, 1.82) is 0 Å². The normalized spacial score (nSPS) is 10.8. The van der Waals surface area contributed by atoms with E-state index in [0.29, 0.717) is 19.0 Å². The van der Waals surface area contributed by atoms with Gasteiger partial charge in [0.1, 0.15) is 11.3 Å². The van der Waals surface area contributed by atoms with Gasteiger partial charge in [0.05, 0.1) is 5.88 Å². The summed E-state index contributed by atoms with van der Waals surface area (Å²) in [6.45, 7) is 2.62. The van der Waals surface area contributed by atoms with Crippen LogP contribution in [-0.2, 0) is 17.2 Å². The summed E-state index contributed by atoms with van der Waals surface area (Å²) in [6, 6.07) is 1.90. The van der Waals surface area contributed by atoms with Crippen molar-refractivity contribution in [3.63, 3.8) is 0 Å². The van der Waals surface area contributed by atoms with Crippen molar-refractivity contribution in [2.45, 2.75) is 19.3 Å². The van der Waals surface area contributed by atoms with Gasteiger partial charge in [-0.05, 0) is 22.0 Å². The molecule has 1 N–H and O–H groups in total. The fraction of sp³-hybridized carbons (Fsp3) is 0.364. The van der Waals surface area contributed by atoms with Gasteiger partial charge in [-0.15, -0.1) is 11.6 Å². The van der Waals surface area contributed by atoms with Gasteiger partial charge in [-0.2, -0.15) is 0 Å². The number of nitrogens with zero attached hydrogens (tertiary/aromatic N) is 3. The number of fused-ring (bicyclic) bond motifs is 1. The van der Waals surface area contributed by atoms with E-state index in [0.717, 1.165) is 21.5 Å². The molecule has 0 aliphatic heterocycles. The summed E-state index contributed by atoms with van der Waals surface area (Å²) in [4.78, 5) is 19.6. The maximum Gasteiger partial charge on any atom is 0.216 e. The fourth-order valence-electron chi connectivity index (χ4n) is 1.71. The van der Waals surface area contributed by atoms with E-state index in [1.54, 1.807) is 6.20 Å². The molecule has 0 saturated carbocycles. The van der Waals surface area contributed by atoms with Crippen LogP contribution in [0.1, 0.15) is 12.7 Å². The van der Waals surface area contributed by atoms with E-state index < -0.39 is 0 Å². The summed E-state index contributed by atoms with van der Waals surface area (Å²) in [7, 11) is 0. The number of nitrogens with one attached hydrogen (secondary N) is 1. The molecule has 18 heavy (non-hydrogen) atoms. The number of amides is 1. The molecule has 0 aliphatic rings. The number of carbonyl (C=O) groups is 1. The minimum Gasteiger partial charge on any atom is -0.355 e.